The van der Waals surface area contributed by atoms with E-state index in [1.165, 1.54) is 6.26 Å². The first-order valence-corrected chi connectivity index (χ1v) is 5.85. The van der Waals surface area contributed by atoms with Gasteiger partial charge in [-0.3, -0.25) is 0 Å². The maximum Gasteiger partial charge on any atom is -1.00 e. The monoisotopic (exact) mass is 274 g/mol. The Balaban J connectivity index is -0.0000000267. The molecule has 0 aliphatic rings. The quantitative estimate of drug-likeness (QED) is 0.440. The van der Waals surface area contributed by atoms with Crippen molar-refractivity contribution in [1.29, 1.82) is 0 Å². The second-order valence-electron chi connectivity index (χ2n) is 0.772. The van der Waals surface area contributed by atoms with Crippen LogP contribution in [0.1, 0.15) is 0 Å². The molecule has 0 unspecified atom stereocenters. The summed E-state index contributed by atoms with van der Waals surface area (Å²) in [4.78, 5) is 0. The predicted molar refractivity (Wildman–Crippen MR) is 14.8 cm³/mol. The van der Waals surface area contributed by atoms with E-state index >= 15 is 0 Å². The summed E-state index contributed by atoms with van der Waals surface area (Å²) in [5.41, 5.74) is 0. The van der Waals surface area contributed by atoms with Gasteiger partial charge in [-0.1, -0.05) is 0 Å². The molecular formula is CH3Cl3O2SZr. The number of hydrogen-bond acceptors (Lipinski definition) is 2. The molecule has 0 saturated carbocycles. The number of rotatable bonds is 0. The van der Waals surface area contributed by atoms with Gasteiger partial charge < -0.3 is 37.2 Å². The van der Waals surface area contributed by atoms with E-state index in [2.05, 4.69) is 0 Å². The van der Waals surface area contributed by atoms with Crippen molar-refractivity contribution in [1.82, 2.24) is 0 Å². The minimum absolute atomic E-state index is 0. The topological polar surface area (TPSA) is 34.1 Å². The summed E-state index contributed by atoms with van der Waals surface area (Å²) in [5, 5.41) is 0. The van der Waals surface area contributed by atoms with Crippen molar-refractivity contribution in [2.75, 3.05) is 6.26 Å². The van der Waals surface area contributed by atoms with Crippen LogP contribution >= 0.6 is 0 Å². The second-order valence-corrected chi connectivity index (χ2v) is 7.79. The molecule has 0 saturated heterocycles. The van der Waals surface area contributed by atoms with Gasteiger partial charge in [0.15, 0.2) is 0 Å². The standard InChI is InChI=1S/CH3O2S.3ClH.Zr/c1-4(2)3;;;;/h1H3;3*1H;/q;;;;+3/p-3. The van der Waals surface area contributed by atoms with Crippen LogP contribution in [0, 0.1) is 0 Å². The summed E-state index contributed by atoms with van der Waals surface area (Å²) in [7, 11) is 0. The number of hydrogen-bond donors (Lipinski definition) is 0. The fourth-order valence-corrected chi connectivity index (χ4v) is 0. The zero-order valence-electron chi connectivity index (χ0n) is 3.86. The van der Waals surface area contributed by atoms with E-state index in [-0.39, 0.29) is 37.2 Å². The van der Waals surface area contributed by atoms with Gasteiger partial charge in [-0.15, -0.1) is 0 Å². The average molecular weight is 277 g/mol. The van der Waals surface area contributed by atoms with Crippen LogP contribution in [-0.2, 0) is 29.8 Å². The van der Waals surface area contributed by atoms with Crippen molar-refractivity contribution in [3.05, 3.63) is 0 Å². The first-order valence-electron chi connectivity index (χ1n) is 0.946. The summed E-state index contributed by atoms with van der Waals surface area (Å²) < 4.78 is 19.3. The zero-order chi connectivity index (χ0) is 4.50. The molecular weight excluding hydrogens is 274 g/mol. The van der Waals surface area contributed by atoms with E-state index in [4.69, 9.17) is 0 Å². The molecule has 0 aliphatic heterocycles. The molecule has 0 fully saturated rings. The molecule has 0 bridgehead atoms. The van der Waals surface area contributed by atoms with Crippen molar-refractivity contribution in [2.45, 2.75) is 0 Å². The molecule has 0 aliphatic carbocycles. The summed E-state index contributed by atoms with van der Waals surface area (Å²) in [6, 6.07) is 0. The zero-order valence-corrected chi connectivity index (χ0v) is 9.40. The molecule has 0 atom stereocenters. The van der Waals surface area contributed by atoms with E-state index in [9.17, 15) is 8.42 Å². The molecule has 0 aromatic carbocycles. The van der Waals surface area contributed by atoms with E-state index in [0.717, 1.165) is 0 Å². The normalized spacial score (nSPS) is 7.38. The third-order valence-electron chi connectivity index (χ3n) is 0. The van der Waals surface area contributed by atoms with Crippen molar-refractivity contribution < 1.29 is 68.9 Å². The average Bonchev–Trinajstić information content (AvgIpc) is 0.722. The third kappa shape index (κ3) is 119. The molecule has 2 nitrogen and oxygen atoms in total. The van der Waals surface area contributed by atoms with Gasteiger partial charge in [0.25, 0.3) is 0 Å². The molecule has 0 aromatic heterocycles. The SMILES string of the molecule is C[S](=O)(=O)[Zr+3].[Cl-].[Cl-].[Cl-]. The van der Waals surface area contributed by atoms with Crippen LogP contribution in [0.3, 0.4) is 0 Å². The van der Waals surface area contributed by atoms with E-state index in [1.807, 2.05) is 0 Å². The van der Waals surface area contributed by atoms with E-state index in [1.54, 1.807) is 0 Å². The molecule has 0 N–H and O–H groups in total. The minimum atomic E-state index is -2.58. The smallest absolute Gasteiger partial charge is 1.00 e. The molecule has 0 aromatic rings. The summed E-state index contributed by atoms with van der Waals surface area (Å²) in [5.74, 6) is 0. The Morgan fingerprint density at radius 2 is 1.12 bits per heavy atom. The Kier molecular flexibility index (Phi) is 24.6. The summed E-state index contributed by atoms with van der Waals surface area (Å²) in [6.07, 6.45) is 1.20. The van der Waals surface area contributed by atoms with Crippen LogP contribution in [0.5, 0.6) is 0 Å². The van der Waals surface area contributed by atoms with Gasteiger partial charge in [0.1, 0.15) is 0 Å². The van der Waals surface area contributed by atoms with Gasteiger partial charge >= 0.3 is 44.5 Å². The second kappa shape index (κ2) is 8.70. The molecule has 0 amide bonds. The minimum Gasteiger partial charge on any atom is -1.00 e. The third-order valence-corrected chi connectivity index (χ3v) is 0. The molecule has 7 heteroatoms. The molecule has 0 heterocycles. The van der Waals surface area contributed by atoms with Crippen LogP contribution in [0.25, 0.3) is 0 Å². The van der Waals surface area contributed by atoms with Crippen LogP contribution in [0.4, 0.5) is 0 Å². The van der Waals surface area contributed by atoms with Crippen LogP contribution in [0.2, 0.25) is 0 Å². The van der Waals surface area contributed by atoms with Crippen molar-refractivity contribution in [3.63, 3.8) is 0 Å². The fraction of sp³-hybridized carbons (Fsp3) is 1.00. The molecule has 8 heavy (non-hydrogen) atoms. The Labute approximate surface area is 81.0 Å². The Bertz CT molecular complexity index is 100. The number of halogens is 3. The summed E-state index contributed by atoms with van der Waals surface area (Å²) >= 11 is 0.590. The fourth-order valence-electron chi connectivity index (χ4n) is 0. The maximum atomic E-state index is 9.67. The summed E-state index contributed by atoms with van der Waals surface area (Å²) in [6.45, 7) is -2.58. The van der Waals surface area contributed by atoms with Crippen molar-refractivity contribution >= 4 is 6.59 Å². The van der Waals surface area contributed by atoms with Gasteiger partial charge in [-0.25, -0.2) is 0 Å². The van der Waals surface area contributed by atoms with Gasteiger partial charge in [-0.2, -0.15) is 0 Å². The van der Waals surface area contributed by atoms with Gasteiger partial charge in [0.2, 0.25) is 0 Å². The molecule has 0 spiro atoms. The Morgan fingerprint density at radius 1 is 1.12 bits per heavy atom. The predicted octanol–water partition coefficient (Wildman–Crippen LogP) is -9.50. The first kappa shape index (κ1) is 22.6. The van der Waals surface area contributed by atoms with Crippen LogP contribution < -0.4 is 37.2 Å². The molecule has 50 valence electrons. The Hall–Kier alpha value is 1.70. The van der Waals surface area contributed by atoms with Gasteiger partial charge in [0, 0.05) is 0 Å². The molecule has 0 radical (unpaired) electrons. The maximum absolute atomic E-state index is 9.67. The van der Waals surface area contributed by atoms with Gasteiger partial charge in [0.05, 0.1) is 0 Å². The van der Waals surface area contributed by atoms with E-state index < -0.39 is 6.59 Å². The van der Waals surface area contributed by atoms with Gasteiger partial charge in [-0.05, 0) is 0 Å². The molecule has 0 rings (SSSR count). The van der Waals surface area contributed by atoms with Crippen LogP contribution in [-0.4, -0.2) is 14.7 Å². The largest absolute Gasteiger partial charge is 1.00 e. The first-order chi connectivity index (χ1) is 2.00. The Morgan fingerprint density at radius 3 is 1.12 bits per heavy atom. The van der Waals surface area contributed by atoms with Crippen molar-refractivity contribution in [2.24, 2.45) is 0 Å². The van der Waals surface area contributed by atoms with Crippen molar-refractivity contribution in [3.8, 4) is 0 Å². The van der Waals surface area contributed by atoms with Crippen LogP contribution in [0.15, 0.2) is 0 Å². The van der Waals surface area contributed by atoms with E-state index in [0.29, 0.717) is 23.3 Å².